The maximum atomic E-state index is 12.9. The van der Waals surface area contributed by atoms with Crippen molar-refractivity contribution >= 4 is 0 Å². The van der Waals surface area contributed by atoms with Gasteiger partial charge < -0.3 is 20.3 Å². The van der Waals surface area contributed by atoms with Crippen molar-refractivity contribution in [1.82, 2.24) is 5.32 Å². The molecule has 0 fully saturated rings. The Hall–Kier alpha value is -2.11. The molecule has 0 aliphatic rings. The zero-order valence-electron chi connectivity index (χ0n) is 13.3. The minimum atomic E-state index is -0.771. The zero-order valence-corrected chi connectivity index (χ0v) is 13.3. The minimum absolute atomic E-state index is 0.171. The molecule has 2 aromatic carbocycles. The SMILES string of the molecule is CCOc1ccc(O)c(CNC(C)C(O)c2ccc(F)cc2)c1. The zero-order chi connectivity index (χ0) is 16.8. The van der Waals surface area contributed by atoms with Crippen molar-refractivity contribution in [2.45, 2.75) is 32.5 Å². The van der Waals surface area contributed by atoms with Crippen LogP contribution < -0.4 is 10.1 Å². The molecule has 0 saturated carbocycles. The third kappa shape index (κ3) is 4.68. The Bertz CT molecular complexity index is 631. The molecule has 5 heteroatoms. The second-order valence-electron chi connectivity index (χ2n) is 5.39. The number of aliphatic hydroxyl groups excluding tert-OH is 1. The summed E-state index contributed by atoms with van der Waals surface area (Å²) in [5.74, 6) is 0.525. The predicted octanol–water partition coefficient (Wildman–Crippen LogP) is 3.14. The second-order valence-corrected chi connectivity index (χ2v) is 5.39. The van der Waals surface area contributed by atoms with E-state index in [0.717, 1.165) is 0 Å². The lowest BCUT2D eigenvalue weighted by Crippen LogP contribution is -2.31. The van der Waals surface area contributed by atoms with Gasteiger partial charge in [0, 0.05) is 18.2 Å². The molecule has 0 aromatic heterocycles. The first-order valence-corrected chi connectivity index (χ1v) is 7.63. The average molecular weight is 319 g/mol. The number of aliphatic hydroxyl groups is 1. The fraction of sp³-hybridized carbons (Fsp3) is 0.333. The maximum absolute atomic E-state index is 12.9. The van der Waals surface area contributed by atoms with Gasteiger partial charge in [-0.2, -0.15) is 0 Å². The summed E-state index contributed by atoms with van der Waals surface area (Å²) in [5, 5.41) is 23.4. The average Bonchev–Trinajstić information content (AvgIpc) is 2.55. The number of ether oxygens (including phenoxy) is 1. The Morgan fingerprint density at radius 3 is 2.52 bits per heavy atom. The summed E-state index contributed by atoms with van der Waals surface area (Å²) in [7, 11) is 0. The third-order valence-electron chi connectivity index (χ3n) is 3.66. The van der Waals surface area contributed by atoms with Crippen LogP contribution >= 0.6 is 0 Å². The molecule has 0 aliphatic carbocycles. The van der Waals surface area contributed by atoms with Gasteiger partial charge in [-0.1, -0.05) is 12.1 Å². The number of aromatic hydroxyl groups is 1. The molecule has 0 aliphatic heterocycles. The molecular weight excluding hydrogens is 297 g/mol. The van der Waals surface area contributed by atoms with Crippen LogP contribution in [-0.4, -0.2) is 22.9 Å². The first-order valence-electron chi connectivity index (χ1n) is 7.63. The summed E-state index contributed by atoms with van der Waals surface area (Å²) in [4.78, 5) is 0. The van der Waals surface area contributed by atoms with Crippen molar-refractivity contribution in [3.63, 3.8) is 0 Å². The molecule has 2 unspecified atom stereocenters. The van der Waals surface area contributed by atoms with Crippen LogP contribution in [0.2, 0.25) is 0 Å². The summed E-state index contributed by atoms with van der Waals surface area (Å²) in [5.41, 5.74) is 1.33. The molecule has 0 radical (unpaired) electrons. The number of hydrogen-bond donors (Lipinski definition) is 3. The highest BCUT2D eigenvalue weighted by Crippen LogP contribution is 2.24. The normalized spacial score (nSPS) is 13.6. The number of nitrogens with one attached hydrogen (secondary N) is 1. The molecule has 0 amide bonds. The summed E-state index contributed by atoms with van der Waals surface area (Å²) < 4.78 is 18.3. The highest BCUT2D eigenvalue weighted by atomic mass is 19.1. The van der Waals surface area contributed by atoms with Crippen LogP contribution in [0.15, 0.2) is 42.5 Å². The van der Waals surface area contributed by atoms with E-state index < -0.39 is 6.10 Å². The van der Waals surface area contributed by atoms with Gasteiger partial charge >= 0.3 is 0 Å². The van der Waals surface area contributed by atoms with E-state index in [1.807, 2.05) is 13.8 Å². The number of phenols is 1. The van der Waals surface area contributed by atoms with Gasteiger partial charge in [0.1, 0.15) is 17.3 Å². The van der Waals surface area contributed by atoms with E-state index in [4.69, 9.17) is 4.74 Å². The summed E-state index contributed by atoms with van der Waals surface area (Å²) in [6, 6.07) is 10.6. The van der Waals surface area contributed by atoms with Crippen molar-refractivity contribution < 1.29 is 19.3 Å². The van der Waals surface area contributed by atoms with Crippen LogP contribution in [0.25, 0.3) is 0 Å². The molecule has 3 N–H and O–H groups in total. The van der Waals surface area contributed by atoms with Crippen LogP contribution in [0.3, 0.4) is 0 Å². The number of phenolic OH excluding ortho intramolecular Hbond substituents is 1. The fourth-order valence-electron chi connectivity index (χ4n) is 2.29. The second kappa shape index (κ2) is 7.94. The van der Waals surface area contributed by atoms with Crippen LogP contribution in [0.4, 0.5) is 4.39 Å². The maximum Gasteiger partial charge on any atom is 0.123 e. The molecular formula is C18H22FNO3. The molecule has 124 valence electrons. The monoisotopic (exact) mass is 319 g/mol. The van der Waals surface area contributed by atoms with Crippen LogP contribution in [0, 0.1) is 5.82 Å². The van der Waals surface area contributed by atoms with E-state index >= 15 is 0 Å². The Labute approximate surface area is 135 Å². The lowest BCUT2D eigenvalue weighted by molar-refractivity contribution is 0.135. The Morgan fingerprint density at radius 2 is 1.87 bits per heavy atom. The molecule has 23 heavy (non-hydrogen) atoms. The highest BCUT2D eigenvalue weighted by molar-refractivity contribution is 5.39. The molecule has 0 heterocycles. The van der Waals surface area contributed by atoms with Crippen molar-refractivity contribution in [2.75, 3.05) is 6.61 Å². The van der Waals surface area contributed by atoms with Crippen LogP contribution in [0.1, 0.15) is 31.1 Å². The Balaban J connectivity index is 1.99. The highest BCUT2D eigenvalue weighted by Gasteiger charge is 2.16. The van der Waals surface area contributed by atoms with E-state index in [2.05, 4.69) is 5.32 Å². The van der Waals surface area contributed by atoms with E-state index in [0.29, 0.717) is 30.0 Å². The number of rotatable bonds is 7. The van der Waals surface area contributed by atoms with Gasteiger partial charge in [0.05, 0.1) is 12.7 Å². The summed E-state index contributed by atoms with van der Waals surface area (Å²) in [6.07, 6.45) is -0.771. The van der Waals surface area contributed by atoms with Crippen molar-refractivity contribution in [2.24, 2.45) is 0 Å². The van der Waals surface area contributed by atoms with E-state index in [-0.39, 0.29) is 17.6 Å². The van der Waals surface area contributed by atoms with Crippen molar-refractivity contribution in [1.29, 1.82) is 0 Å². The molecule has 2 atom stereocenters. The van der Waals surface area contributed by atoms with Crippen LogP contribution in [0.5, 0.6) is 11.5 Å². The standard InChI is InChI=1S/C18H22FNO3/c1-3-23-16-8-9-17(21)14(10-16)11-20-12(2)18(22)13-4-6-15(19)7-5-13/h4-10,12,18,20-22H,3,11H2,1-2H3. The molecule has 2 aromatic rings. The molecule has 0 saturated heterocycles. The van der Waals surface area contributed by atoms with Gasteiger partial charge in [0.25, 0.3) is 0 Å². The van der Waals surface area contributed by atoms with Crippen molar-refractivity contribution in [3.05, 3.63) is 59.4 Å². The first-order chi connectivity index (χ1) is 11.0. The number of halogens is 1. The van der Waals surface area contributed by atoms with Crippen molar-refractivity contribution in [3.8, 4) is 11.5 Å². The topological polar surface area (TPSA) is 61.7 Å². The molecule has 0 spiro atoms. The minimum Gasteiger partial charge on any atom is -0.508 e. The Kier molecular flexibility index (Phi) is 5.96. The largest absolute Gasteiger partial charge is 0.508 e. The van der Waals surface area contributed by atoms with E-state index in [1.165, 1.54) is 12.1 Å². The summed E-state index contributed by atoms with van der Waals surface area (Å²) in [6.45, 7) is 4.66. The molecule has 0 bridgehead atoms. The third-order valence-corrected chi connectivity index (χ3v) is 3.66. The molecule has 2 rings (SSSR count). The number of hydrogen-bond acceptors (Lipinski definition) is 4. The number of benzene rings is 2. The van der Waals surface area contributed by atoms with E-state index in [9.17, 15) is 14.6 Å². The molecule has 4 nitrogen and oxygen atoms in total. The van der Waals surface area contributed by atoms with Gasteiger partial charge in [-0.3, -0.25) is 0 Å². The summed E-state index contributed by atoms with van der Waals surface area (Å²) >= 11 is 0. The van der Waals surface area contributed by atoms with E-state index in [1.54, 1.807) is 30.3 Å². The van der Waals surface area contributed by atoms with Gasteiger partial charge in [0.15, 0.2) is 0 Å². The predicted molar refractivity (Wildman–Crippen MR) is 86.9 cm³/mol. The Morgan fingerprint density at radius 1 is 1.17 bits per heavy atom. The lowest BCUT2D eigenvalue weighted by atomic mass is 10.0. The van der Waals surface area contributed by atoms with Gasteiger partial charge in [-0.25, -0.2) is 4.39 Å². The van der Waals surface area contributed by atoms with Crippen LogP contribution in [-0.2, 0) is 6.54 Å². The quantitative estimate of drug-likeness (QED) is 0.734. The lowest BCUT2D eigenvalue weighted by Gasteiger charge is -2.21. The van der Waals surface area contributed by atoms with Gasteiger partial charge in [0.2, 0.25) is 0 Å². The first kappa shape index (κ1) is 17.2. The fourth-order valence-corrected chi connectivity index (χ4v) is 2.29. The van der Waals surface area contributed by atoms with Gasteiger partial charge in [-0.05, 0) is 49.7 Å². The smallest absolute Gasteiger partial charge is 0.123 e. The van der Waals surface area contributed by atoms with Gasteiger partial charge in [-0.15, -0.1) is 0 Å².